The molecule has 2 rings (SSSR count). The lowest BCUT2D eigenvalue weighted by Gasteiger charge is -2.17. The summed E-state index contributed by atoms with van der Waals surface area (Å²) in [5.74, 6) is 0.900. The Bertz CT molecular complexity index is 394. The van der Waals surface area contributed by atoms with Crippen LogP contribution in [0.15, 0.2) is 12.1 Å². The monoisotopic (exact) mass is 225 g/mol. The summed E-state index contributed by atoms with van der Waals surface area (Å²) >= 11 is 6.02. The standard InChI is InChI=1S/C10H12ClN3O/c11-9-2-1-7(5-12)13-10(9)14-4-3-8(15)6-14/h1-2H,3-6,12H2. The van der Waals surface area contributed by atoms with Crippen LogP contribution >= 0.6 is 11.6 Å². The lowest BCUT2D eigenvalue weighted by atomic mass is 10.3. The van der Waals surface area contributed by atoms with E-state index in [0.29, 0.717) is 36.9 Å². The van der Waals surface area contributed by atoms with E-state index < -0.39 is 0 Å². The minimum atomic E-state index is 0.228. The van der Waals surface area contributed by atoms with Gasteiger partial charge in [-0.25, -0.2) is 4.98 Å². The number of nitrogens with zero attached hydrogens (tertiary/aromatic N) is 2. The van der Waals surface area contributed by atoms with Crippen molar-refractivity contribution in [1.82, 2.24) is 4.98 Å². The predicted octanol–water partition coefficient (Wildman–Crippen LogP) is 0.973. The van der Waals surface area contributed by atoms with Gasteiger partial charge in [-0.05, 0) is 12.1 Å². The van der Waals surface area contributed by atoms with E-state index in [2.05, 4.69) is 4.98 Å². The molecule has 80 valence electrons. The Labute approximate surface area is 93.0 Å². The number of rotatable bonds is 2. The normalized spacial score (nSPS) is 16.1. The molecular formula is C10H12ClN3O. The second-order valence-electron chi connectivity index (χ2n) is 3.52. The summed E-state index contributed by atoms with van der Waals surface area (Å²) in [6.07, 6.45) is 0.574. The third kappa shape index (κ3) is 2.11. The Morgan fingerprint density at radius 2 is 2.33 bits per heavy atom. The maximum Gasteiger partial charge on any atom is 0.153 e. The van der Waals surface area contributed by atoms with Gasteiger partial charge >= 0.3 is 0 Å². The summed E-state index contributed by atoms with van der Waals surface area (Å²) in [5, 5.41) is 0.571. The molecule has 1 saturated heterocycles. The molecule has 1 aliphatic heterocycles. The molecule has 0 amide bonds. The summed E-state index contributed by atoms with van der Waals surface area (Å²) in [6, 6.07) is 3.57. The van der Waals surface area contributed by atoms with Crippen LogP contribution in [-0.2, 0) is 11.3 Å². The highest BCUT2D eigenvalue weighted by molar-refractivity contribution is 6.33. The number of pyridine rings is 1. The van der Waals surface area contributed by atoms with Crippen LogP contribution in [0, 0.1) is 0 Å². The molecule has 0 saturated carbocycles. The van der Waals surface area contributed by atoms with Gasteiger partial charge in [-0.1, -0.05) is 11.6 Å². The van der Waals surface area contributed by atoms with Crippen molar-refractivity contribution >= 4 is 23.2 Å². The van der Waals surface area contributed by atoms with Crippen LogP contribution in [0.5, 0.6) is 0 Å². The van der Waals surface area contributed by atoms with Gasteiger partial charge in [0.1, 0.15) is 5.82 Å². The third-order valence-electron chi connectivity index (χ3n) is 2.42. The first kappa shape index (κ1) is 10.4. The summed E-state index contributed by atoms with van der Waals surface area (Å²) in [6.45, 7) is 1.48. The maximum atomic E-state index is 11.2. The lowest BCUT2D eigenvalue weighted by Crippen LogP contribution is -2.21. The molecule has 2 N–H and O–H groups in total. The van der Waals surface area contributed by atoms with E-state index in [-0.39, 0.29) is 5.78 Å². The average molecular weight is 226 g/mol. The summed E-state index contributed by atoms with van der Waals surface area (Å²) < 4.78 is 0. The van der Waals surface area contributed by atoms with Crippen molar-refractivity contribution in [1.29, 1.82) is 0 Å². The van der Waals surface area contributed by atoms with Crippen LogP contribution in [0.1, 0.15) is 12.1 Å². The van der Waals surface area contributed by atoms with Crippen molar-refractivity contribution in [2.45, 2.75) is 13.0 Å². The van der Waals surface area contributed by atoms with Crippen molar-refractivity contribution in [2.24, 2.45) is 5.73 Å². The van der Waals surface area contributed by atoms with Crippen molar-refractivity contribution in [3.63, 3.8) is 0 Å². The van der Waals surface area contributed by atoms with E-state index in [9.17, 15) is 4.79 Å². The van der Waals surface area contributed by atoms with Gasteiger partial charge in [-0.2, -0.15) is 0 Å². The van der Waals surface area contributed by atoms with Crippen LogP contribution < -0.4 is 10.6 Å². The van der Waals surface area contributed by atoms with E-state index in [0.717, 1.165) is 5.69 Å². The second kappa shape index (κ2) is 4.16. The number of anilines is 1. The lowest BCUT2D eigenvalue weighted by molar-refractivity contribution is -0.116. The minimum Gasteiger partial charge on any atom is -0.348 e. The summed E-state index contributed by atoms with van der Waals surface area (Å²) in [7, 11) is 0. The molecule has 4 nitrogen and oxygen atoms in total. The smallest absolute Gasteiger partial charge is 0.153 e. The zero-order chi connectivity index (χ0) is 10.8. The van der Waals surface area contributed by atoms with Crippen LogP contribution in [-0.4, -0.2) is 23.9 Å². The fourth-order valence-corrected chi connectivity index (χ4v) is 1.84. The molecule has 2 heterocycles. The third-order valence-corrected chi connectivity index (χ3v) is 2.72. The highest BCUT2D eigenvalue weighted by Crippen LogP contribution is 2.25. The Balaban J connectivity index is 2.30. The molecule has 5 heteroatoms. The van der Waals surface area contributed by atoms with Gasteiger partial charge in [-0.3, -0.25) is 4.79 Å². The second-order valence-corrected chi connectivity index (χ2v) is 3.93. The minimum absolute atomic E-state index is 0.228. The molecule has 1 aliphatic rings. The number of hydrogen-bond acceptors (Lipinski definition) is 4. The number of nitrogens with two attached hydrogens (primary N) is 1. The number of carbonyl (C=O) groups excluding carboxylic acids is 1. The molecule has 0 aromatic carbocycles. The number of halogens is 1. The fraction of sp³-hybridized carbons (Fsp3) is 0.400. The Hall–Kier alpha value is -1.13. The zero-order valence-corrected chi connectivity index (χ0v) is 9.00. The molecule has 0 atom stereocenters. The van der Waals surface area contributed by atoms with E-state index in [1.54, 1.807) is 12.1 Å². The number of hydrogen-bond donors (Lipinski definition) is 1. The summed E-state index contributed by atoms with van der Waals surface area (Å²) in [4.78, 5) is 17.4. The molecule has 0 radical (unpaired) electrons. The van der Waals surface area contributed by atoms with Gasteiger partial charge in [0.05, 0.1) is 17.3 Å². The molecule has 0 unspecified atom stereocenters. The quantitative estimate of drug-likeness (QED) is 0.815. The van der Waals surface area contributed by atoms with Crippen LogP contribution in [0.4, 0.5) is 5.82 Å². The van der Waals surface area contributed by atoms with Crippen LogP contribution in [0.3, 0.4) is 0 Å². The summed E-state index contributed by atoms with van der Waals surface area (Å²) in [5.41, 5.74) is 6.29. The van der Waals surface area contributed by atoms with E-state index >= 15 is 0 Å². The highest BCUT2D eigenvalue weighted by atomic mass is 35.5. The number of aromatic nitrogens is 1. The Morgan fingerprint density at radius 1 is 1.53 bits per heavy atom. The molecule has 1 aromatic heterocycles. The van der Waals surface area contributed by atoms with Gasteiger partial charge in [-0.15, -0.1) is 0 Å². The van der Waals surface area contributed by atoms with E-state index in [4.69, 9.17) is 17.3 Å². The van der Waals surface area contributed by atoms with E-state index in [1.807, 2.05) is 4.90 Å². The number of carbonyl (C=O) groups is 1. The fourth-order valence-electron chi connectivity index (χ4n) is 1.62. The molecule has 1 fully saturated rings. The van der Waals surface area contributed by atoms with Gasteiger partial charge in [0, 0.05) is 19.5 Å². The van der Waals surface area contributed by atoms with E-state index in [1.165, 1.54) is 0 Å². The average Bonchev–Trinajstić information content (AvgIpc) is 2.65. The molecule has 1 aromatic rings. The molecule has 0 bridgehead atoms. The topological polar surface area (TPSA) is 59.2 Å². The van der Waals surface area contributed by atoms with Crippen molar-refractivity contribution in [2.75, 3.05) is 18.0 Å². The first-order chi connectivity index (χ1) is 7.20. The molecule has 0 spiro atoms. The Kier molecular flexibility index (Phi) is 2.88. The van der Waals surface area contributed by atoms with Gasteiger partial charge in [0.25, 0.3) is 0 Å². The van der Waals surface area contributed by atoms with Crippen LogP contribution in [0.2, 0.25) is 5.02 Å². The largest absolute Gasteiger partial charge is 0.348 e. The highest BCUT2D eigenvalue weighted by Gasteiger charge is 2.22. The van der Waals surface area contributed by atoms with Gasteiger partial charge in [0.2, 0.25) is 0 Å². The molecule has 15 heavy (non-hydrogen) atoms. The molecular weight excluding hydrogens is 214 g/mol. The molecule has 0 aliphatic carbocycles. The van der Waals surface area contributed by atoms with Gasteiger partial charge in [0.15, 0.2) is 5.78 Å². The number of ketones is 1. The Morgan fingerprint density at radius 3 is 2.93 bits per heavy atom. The van der Waals surface area contributed by atoms with Gasteiger partial charge < -0.3 is 10.6 Å². The van der Waals surface area contributed by atoms with Crippen molar-refractivity contribution in [3.05, 3.63) is 22.8 Å². The first-order valence-electron chi connectivity index (χ1n) is 4.83. The van der Waals surface area contributed by atoms with Crippen molar-refractivity contribution in [3.8, 4) is 0 Å². The van der Waals surface area contributed by atoms with Crippen LogP contribution in [0.25, 0.3) is 0 Å². The predicted molar refractivity (Wildman–Crippen MR) is 59.0 cm³/mol. The SMILES string of the molecule is NCc1ccc(Cl)c(N2CCC(=O)C2)n1. The maximum absolute atomic E-state index is 11.2. The first-order valence-corrected chi connectivity index (χ1v) is 5.20. The van der Waals surface area contributed by atoms with Crippen molar-refractivity contribution < 1.29 is 4.79 Å². The number of Topliss-reactive ketones (excluding diaryl/α,β-unsaturated/α-hetero) is 1. The zero-order valence-electron chi connectivity index (χ0n) is 8.24.